The van der Waals surface area contributed by atoms with E-state index in [1.54, 1.807) is 24.3 Å². The minimum atomic E-state index is -2.05. The number of aliphatic carboxylic acids is 2. The van der Waals surface area contributed by atoms with E-state index in [0.717, 1.165) is 0 Å². The first-order chi connectivity index (χ1) is 12.1. The Balaban J connectivity index is 3.50. The van der Waals surface area contributed by atoms with E-state index in [1.165, 1.54) is 0 Å². The largest absolute Gasteiger partial charge is 0.480 e. The van der Waals surface area contributed by atoms with Crippen LogP contribution < -0.4 is 0 Å². The number of carbonyl (C=O) groups excluding carboxylic acids is 1. The number of rotatable bonds is 11. The van der Waals surface area contributed by atoms with Crippen molar-refractivity contribution in [3.05, 3.63) is 35.9 Å². The van der Waals surface area contributed by atoms with Gasteiger partial charge in [-0.1, -0.05) is 58.0 Å². The second-order valence-corrected chi connectivity index (χ2v) is 7.79. The highest BCUT2D eigenvalue weighted by atomic mass is 16.4. The number of Topliss-reactive ketones (excluding diaryl/α,β-unsaturated/α-hetero) is 1. The fraction of sp³-hybridized carbons (Fsp3) is 0.571. The lowest BCUT2D eigenvalue weighted by Crippen LogP contribution is -2.46. The topological polar surface area (TPSA) is 91.7 Å². The van der Waals surface area contributed by atoms with Gasteiger partial charge in [0.15, 0.2) is 5.78 Å². The molecule has 0 aliphatic rings. The molecule has 1 aromatic carbocycles. The summed E-state index contributed by atoms with van der Waals surface area (Å²) >= 11 is 0. The Bertz CT molecular complexity index is 593. The van der Waals surface area contributed by atoms with Crippen LogP contribution in [0, 0.1) is 17.8 Å². The lowest BCUT2D eigenvalue weighted by Gasteiger charge is -2.35. The van der Waals surface area contributed by atoms with E-state index in [-0.39, 0.29) is 0 Å². The molecular formula is C21H30O5. The summed E-state index contributed by atoms with van der Waals surface area (Å²) < 4.78 is 0. The Kier molecular flexibility index (Phi) is 8.00. The maximum atomic E-state index is 13.3. The van der Waals surface area contributed by atoms with Gasteiger partial charge < -0.3 is 10.2 Å². The van der Waals surface area contributed by atoms with Crippen molar-refractivity contribution < 1.29 is 24.6 Å². The number of ketones is 1. The predicted molar refractivity (Wildman–Crippen MR) is 100 cm³/mol. The maximum absolute atomic E-state index is 13.3. The van der Waals surface area contributed by atoms with Gasteiger partial charge in [0.25, 0.3) is 0 Å². The van der Waals surface area contributed by atoms with E-state index in [9.17, 15) is 24.6 Å². The Labute approximate surface area is 155 Å². The second-order valence-electron chi connectivity index (χ2n) is 7.79. The van der Waals surface area contributed by atoms with Crippen molar-refractivity contribution in [2.75, 3.05) is 0 Å². The van der Waals surface area contributed by atoms with Gasteiger partial charge >= 0.3 is 11.9 Å². The summed E-state index contributed by atoms with van der Waals surface area (Å²) in [6.07, 6.45) is 2.31. The molecule has 5 nitrogen and oxygen atoms in total. The summed E-state index contributed by atoms with van der Waals surface area (Å²) in [6.45, 7) is 8.15. The van der Waals surface area contributed by atoms with Crippen LogP contribution in [0.3, 0.4) is 0 Å². The van der Waals surface area contributed by atoms with Crippen LogP contribution in [0.25, 0.3) is 0 Å². The van der Waals surface area contributed by atoms with Gasteiger partial charge in [0.1, 0.15) is 0 Å². The quantitative estimate of drug-likeness (QED) is 0.577. The van der Waals surface area contributed by atoms with Gasteiger partial charge in [0, 0.05) is 0 Å². The first kappa shape index (κ1) is 21.9. The molecule has 1 rings (SSSR count). The molecule has 0 aliphatic carbocycles. The Morgan fingerprint density at radius 1 is 0.846 bits per heavy atom. The van der Waals surface area contributed by atoms with Crippen LogP contribution in [0.5, 0.6) is 0 Å². The van der Waals surface area contributed by atoms with E-state index in [4.69, 9.17) is 0 Å². The zero-order valence-corrected chi connectivity index (χ0v) is 16.1. The van der Waals surface area contributed by atoms with Crippen LogP contribution in [-0.2, 0) is 19.8 Å². The molecule has 0 spiro atoms. The zero-order chi connectivity index (χ0) is 19.9. The molecule has 0 heterocycles. The number of hydrogen-bond acceptors (Lipinski definition) is 3. The first-order valence-corrected chi connectivity index (χ1v) is 9.17. The fourth-order valence-electron chi connectivity index (χ4n) is 3.24. The Hall–Kier alpha value is -2.17. The van der Waals surface area contributed by atoms with Crippen LogP contribution in [0.15, 0.2) is 30.3 Å². The summed E-state index contributed by atoms with van der Waals surface area (Å²) in [5, 5.41) is 18.8. The molecule has 26 heavy (non-hydrogen) atoms. The van der Waals surface area contributed by atoms with Crippen LogP contribution in [-0.4, -0.2) is 27.9 Å². The smallest absolute Gasteiger partial charge is 0.325 e. The van der Waals surface area contributed by atoms with Crippen molar-refractivity contribution in [3.8, 4) is 0 Å². The van der Waals surface area contributed by atoms with Crippen LogP contribution in [0.4, 0.5) is 0 Å². The molecule has 5 heteroatoms. The monoisotopic (exact) mass is 362 g/mol. The summed E-state index contributed by atoms with van der Waals surface area (Å²) in [4.78, 5) is 36.4. The number of carbonyl (C=O) groups is 3. The summed E-state index contributed by atoms with van der Waals surface area (Å²) in [5.74, 6) is -5.33. The van der Waals surface area contributed by atoms with Crippen molar-refractivity contribution in [2.24, 2.45) is 17.8 Å². The van der Waals surface area contributed by atoms with E-state index >= 15 is 0 Å². The fourth-order valence-corrected chi connectivity index (χ4v) is 3.24. The number of carboxylic acids is 2. The number of hydrogen-bond donors (Lipinski definition) is 2. The standard InChI is InChI=1S/C21H30O5/c1-14(2)10-12-21(13-11-15(3)4,16-8-6-5-7-9-16)18(22)17(19(23)24)20(25)26/h5-9,14-15,17H,10-13H2,1-4H3,(H,23,24)(H,25,26). The number of benzene rings is 1. The average Bonchev–Trinajstić information content (AvgIpc) is 2.55. The third-order valence-electron chi connectivity index (χ3n) is 4.85. The van der Waals surface area contributed by atoms with E-state index < -0.39 is 29.1 Å². The van der Waals surface area contributed by atoms with Gasteiger partial charge in [-0.2, -0.15) is 0 Å². The number of carboxylic acid groups (broad SMARTS) is 2. The van der Waals surface area contributed by atoms with Crippen LogP contribution >= 0.6 is 0 Å². The molecule has 0 aromatic heterocycles. The molecule has 0 saturated carbocycles. The van der Waals surface area contributed by atoms with E-state index in [0.29, 0.717) is 43.1 Å². The first-order valence-electron chi connectivity index (χ1n) is 9.17. The molecule has 0 amide bonds. The molecule has 0 aliphatic heterocycles. The normalized spacial score (nSPS) is 12.0. The lowest BCUT2D eigenvalue weighted by molar-refractivity contribution is -0.159. The van der Waals surface area contributed by atoms with Crippen LogP contribution in [0.1, 0.15) is 58.9 Å². The molecule has 0 atom stereocenters. The van der Waals surface area contributed by atoms with Gasteiger partial charge in [-0.25, -0.2) is 0 Å². The van der Waals surface area contributed by atoms with Crippen molar-refractivity contribution >= 4 is 17.7 Å². The maximum Gasteiger partial charge on any atom is 0.325 e. The minimum Gasteiger partial charge on any atom is -0.480 e. The molecule has 0 saturated heterocycles. The average molecular weight is 362 g/mol. The molecule has 0 radical (unpaired) electrons. The van der Waals surface area contributed by atoms with E-state index in [1.807, 2.05) is 33.8 Å². The van der Waals surface area contributed by atoms with Gasteiger partial charge in [-0.15, -0.1) is 0 Å². The predicted octanol–water partition coefficient (Wildman–Crippen LogP) is 4.15. The third-order valence-corrected chi connectivity index (χ3v) is 4.85. The molecule has 0 unspecified atom stereocenters. The molecule has 144 valence electrons. The molecule has 0 bridgehead atoms. The zero-order valence-electron chi connectivity index (χ0n) is 16.1. The summed E-state index contributed by atoms with van der Waals surface area (Å²) in [6, 6.07) is 9.05. The van der Waals surface area contributed by atoms with Crippen LogP contribution in [0.2, 0.25) is 0 Å². The minimum absolute atomic E-state index is 0.318. The highest BCUT2D eigenvalue weighted by Gasteiger charge is 2.48. The molecule has 2 N–H and O–H groups in total. The SMILES string of the molecule is CC(C)CCC(CCC(C)C)(C(=O)C(C(=O)O)C(=O)O)c1ccccc1. The van der Waals surface area contributed by atoms with Crippen molar-refractivity contribution in [1.82, 2.24) is 0 Å². The summed E-state index contributed by atoms with van der Waals surface area (Å²) in [7, 11) is 0. The van der Waals surface area contributed by atoms with Gasteiger partial charge in [0.2, 0.25) is 5.92 Å². The van der Waals surface area contributed by atoms with Crippen molar-refractivity contribution in [3.63, 3.8) is 0 Å². The highest BCUT2D eigenvalue weighted by Crippen LogP contribution is 2.39. The second kappa shape index (κ2) is 9.51. The van der Waals surface area contributed by atoms with Gasteiger partial charge in [0.05, 0.1) is 5.41 Å². The molecule has 1 aromatic rings. The summed E-state index contributed by atoms with van der Waals surface area (Å²) in [5.41, 5.74) is -0.393. The molecule has 0 fully saturated rings. The Morgan fingerprint density at radius 2 is 1.27 bits per heavy atom. The van der Waals surface area contributed by atoms with E-state index in [2.05, 4.69) is 0 Å². The molecular weight excluding hydrogens is 332 g/mol. The van der Waals surface area contributed by atoms with Gasteiger partial charge in [-0.05, 0) is 43.1 Å². The van der Waals surface area contributed by atoms with Crippen molar-refractivity contribution in [1.29, 1.82) is 0 Å². The van der Waals surface area contributed by atoms with Crippen molar-refractivity contribution in [2.45, 2.75) is 58.8 Å². The Morgan fingerprint density at radius 3 is 1.62 bits per heavy atom. The lowest BCUT2D eigenvalue weighted by atomic mass is 9.65. The third kappa shape index (κ3) is 5.41. The van der Waals surface area contributed by atoms with Gasteiger partial charge in [-0.3, -0.25) is 14.4 Å². The highest BCUT2D eigenvalue weighted by molar-refractivity contribution is 6.17.